The number of aliphatic carboxylic acids is 1. The first-order valence-corrected chi connectivity index (χ1v) is 10.5. The molecule has 9 heteroatoms. The van der Waals surface area contributed by atoms with Crippen molar-refractivity contribution in [3.63, 3.8) is 0 Å². The van der Waals surface area contributed by atoms with Crippen molar-refractivity contribution < 1.29 is 43.1 Å². The zero-order valence-electron chi connectivity index (χ0n) is 17.5. The summed E-state index contributed by atoms with van der Waals surface area (Å²) in [6, 6.07) is 4.36. The van der Waals surface area contributed by atoms with Crippen LogP contribution in [0.15, 0.2) is 48.6 Å². The quantitative estimate of drug-likeness (QED) is 0.298. The van der Waals surface area contributed by atoms with Crippen molar-refractivity contribution in [2.45, 2.75) is 56.6 Å². The van der Waals surface area contributed by atoms with Gasteiger partial charge in [-0.15, -0.1) is 0 Å². The summed E-state index contributed by atoms with van der Waals surface area (Å²) in [5.41, 5.74) is -0.845. The van der Waals surface area contributed by atoms with E-state index in [1.807, 2.05) is 12.2 Å². The van der Waals surface area contributed by atoms with Gasteiger partial charge < -0.3 is 25.2 Å². The third-order valence-corrected chi connectivity index (χ3v) is 5.39. The number of aliphatic hydroxyl groups is 3. The third kappa shape index (κ3) is 8.29. The number of carbonyl (C=O) groups is 1. The van der Waals surface area contributed by atoms with Gasteiger partial charge in [-0.1, -0.05) is 30.4 Å². The van der Waals surface area contributed by atoms with Crippen LogP contribution in [0.3, 0.4) is 0 Å². The molecular weight excluding hydrogens is 429 g/mol. The SMILES string of the molecule is O=C(O)CCC/C=C/C[C@@H]1[C@H](/C=C/C(O)COc2cccc(C(F)(F)F)c2)[C@H](O)C[C@@H]1O. The number of rotatable bonds is 11. The monoisotopic (exact) mass is 458 g/mol. The highest BCUT2D eigenvalue weighted by molar-refractivity contribution is 5.66. The van der Waals surface area contributed by atoms with Crippen LogP contribution in [0.1, 0.15) is 37.7 Å². The predicted octanol–water partition coefficient (Wildman–Crippen LogP) is 3.56. The summed E-state index contributed by atoms with van der Waals surface area (Å²) in [5.74, 6) is -1.55. The number of benzene rings is 1. The minimum absolute atomic E-state index is 0.0190. The van der Waals surface area contributed by atoms with Crippen LogP contribution >= 0.6 is 0 Å². The van der Waals surface area contributed by atoms with Crippen LogP contribution in [-0.4, -0.2) is 51.3 Å². The number of allylic oxidation sites excluding steroid dienone is 2. The maximum Gasteiger partial charge on any atom is 0.416 e. The van der Waals surface area contributed by atoms with Crippen LogP contribution in [-0.2, 0) is 11.0 Å². The number of hydrogen-bond donors (Lipinski definition) is 4. The van der Waals surface area contributed by atoms with Gasteiger partial charge in [0.25, 0.3) is 0 Å². The largest absolute Gasteiger partial charge is 0.491 e. The van der Waals surface area contributed by atoms with Crippen LogP contribution in [0, 0.1) is 11.8 Å². The molecule has 0 aromatic heterocycles. The Morgan fingerprint density at radius 1 is 1.22 bits per heavy atom. The number of aliphatic hydroxyl groups excluding tert-OH is 3. The van der Waals surface area contributed by atoms with Gasteiger partial charge in [0.1, 0.15) is 18.5 Å². The van der Waals surface area contributed by atoms with E-state index < -0.39 is 41.9 Å². The summed E-state index contributed by atoms with van der Waals surface area (Å²) >= 11 is 0. The molecule has 0 radical (unpaired) electrons. The van der Waals surface area contributed by atoms with Crippen molar-refractivity contribution in [3.05, 3.63) is 54.1 Å². The van der Waals surface area contributed by atoms with Crippen molar-refractivity contribution in [3.8, 4) is 5.75 Å². The topological polar surface area (TPSA) is 107 Å². The lowest BCUT2D eigenvalue weighted by molar-refractivity contribution is -0.138. The van der Waals surface area contributed by atoms with E-state index in [0.717, 1.165) is 12.1 Å². The van der Waals surface area contributed by atoms with E-state index in [9.17, 15) is 33.3 Å². The normalized spacial score (nSPS) is 24.9. The third-order valence-electron chi connectivity index (χ3n) is 5.39. The standard InChI is InChI=1S/C23H29F3O6/c24-23(25,26)15-6-5-7-17(12-15)32-14-16(27)10-11-19-18(20(28)13-21(19)29)8-3-1-2-4-9-22(30)31/h1,3,5-7,10-12,16,18-21,27-29H,2,4,8-9,13-14H2,(H,30,31)/b3-1+,11-10+/t16?,18-,19+,20+,21-/m1/s1. The fraction of sp³-hybridized carbons (Fsp3) is 0.522. The fourth-order valence-corrected chi connectivity index (χ4v) is 3.70. The minimum atomic E-state index is -4.49. The lowest BCUT2D eigenvalue weighted by Gasteiger charge is -2.19. The Bertz CT molecular complexity index is 792. The molecular formula is C23H29F3O6. The Morgan fingerprint density at radius 3 is 2.66 bits per heavy atom. The van der Waals surface area contributed by atoms with Crippen LogP contribution in [0.2, 0.25) is 0 Å². The summed E-state index contributed by atoms with van der Waals surface area (Å²) in [4.78, 5) is 10.5. The number of ether oxygens (including phenoxy) is 1. The molecule has 0 aliphatic heterocycles. The van der Waals surface area contributed by atoms with Crippen molar-refractivity contribution in [2.24, 2.45) is 11.8 Å². The Balaban J connectivity index is 1.87. The van der Waals surface area contributed by atoms with Crippen molar-refractivity contribution >= 4 is 5.97 Å². The Labute approximate surface area is 184 Å². The summed E-state index contributed by atoms with van der Waals surface area (Å²) < 4.78 is 43.5. The molecule has 1 aliphatic rings. The van der Waals surface area contributed by atoms with E-state index in [1.165, 1.54) is 18.2 Å². The van der Waals surface area contributed by atoms with E-state index in [1.54, 1.807) is 6.08 Å². The van der Waals surface area contributed by atoms with E-state index in [4.69, 9.17) is 9.84 Å². The van der Waals surface area contributed by atoms with Gasteiger partial charge >= 0.3 is 12.1 Å². The summed E-state index contributed by atoms with van der Waals surface area (Å²) in [6.07, 6.45) is 1.48. The molecule has 1 unspecified atom stereocenters. The molecule has 1 aliphatic carbocycles. The van der Waals surface area contributed by atoms with Gasteiger partial charge in [-0.3, -0.25) is 4.79 Å². The van der Waals surface area contributed by atoms with E-state index >= 15 is 0 Å². The Kier molecular flexibility index (Phi) is 9.74. The number of alkyl halides is 3. The van der Waals surface area contributed by atoms with Gasteiger partial charge in [0, 0.05) is 18.8 Å². The molecule has 178 valence electrons. The summed E-state index contributed by atoms with van der Waals surface area (Å²) in [7, 11) is 0. The molecule has 1 aromatic rings. The maximum atomic E-state index is 12.8. The van der Waals surface area contributed by atoms with Gasteiger partial charge in [-0.25, -0.2) is 0 Å². The van der Waals surface area contributed by atoms with E-state index in [0.29, 0.717) is 19.3 Å². The first-order chi connectivity index (χ1) is 15.1. The summed E-state index contributed by atoms with van der Waals surface area (Å²) in [5, 5.41) is 39.2. The first kappa shape index (κ1) is 25.9. The summed E-state index contributed by atoms with van der Waals surface area (Å²) in [6.45, 7) is -0.267. The number of unbranched alkanes of at least 4 members (excludes halogenated alkanes) is 1. The van der Waals surface area contributed by atoms with Gasteiger partial charge in [0.15, 0.2) is 0 Å². The second kappa shape index (κ2) is 12.0. The molecule has 1 fully saturated rings. The molecule has 0 heterocycles. The average molecular weight is 458 g/mol. The molecule has 0 bridgehead atoms. The van der Waals surface area contributed by atoms with E-state index in [-0.39, 0.29) is 31.1 Å². The number of carboxylic acid groups (broad SMARTS) is 1. The van der Waals surface area contributed by atoms with Crippen molar-refractivity contribution in [1.82, 2.24) is 0 Å². The number of hydrogen-bond acceptors (Lipinski definition) is 5. The second-order valence-electron chi connectivity index (χ2n) is 7.89. The molecule has 0 saturated heterocycles. The van der Waals surface area contributed by atoms with E-state index in [2.05, 4.69) is 0 Å². The van der Waals surface area contributed by atoms with Crippen LogP contribution in [0.5, 0.6) is 5.75 Å². The molecule has 5 atom stereocenters. The van der Waals surface area contributed by atoms with Gasteiger partial charge in [0.05, 0.1) is 17.8 Å². The molecule has 1 saturated carbocycles. The van der Waals surface area contributed by atoms with Crippen LogP contribution in [0.25, 0.3) is 0 Å². The van der Waals surface area contributed by atoms with Crippen LogP contribution in [0.4, 0.5) is 13.2 Å². The smallest absolute Gasteiger partial charge is 0.416 e. The predicted molar refractivity (Wildman–Crippen MR) is 111 cm³/mol. The molecule has 4 N–H and O–H groups in total. The zero-order valence-corrected chi connectivity index (χ0v) is 17.5. The minimum Gasteiger partial charge on any atom is -0.491 e. The van der Waals surface area contributed by atoms with Gasteiger partial charge in [-0.05, 0) is 43.4 Å². The highest BCUT2D eigenvalue weighted by Gasteiger charge is 2.39. The first-order valence-electron chi connectivity index (χ1n) is 10.5. The second-order valence-corrected chi connectivity index (χ2v) is 7.89. The highest BCUT2D eigenvalue weighted by Crippen LogP contribution is 2.36. The lowest BCUT2D eigenvalue weighted by atomic mass is 9.89. The maximum absolute atomic E-state index is 12.8. The zero-order chi connectivity index (χ0) is 23.7. The molecule has 6 nitrogen and oxygen atoms in total. The van der Waals surface area contributed by atoms with Gasteiger partial charge in [0.2, 0.25) is 0 Å². The van der Waals surface area contributed by atoms with Crippen LogP contribution < -0.4 is 4.74 Å². The fourth-order valence-electron chi connectivity index (χ4n) is 3.70. The number of halogens is 3. The van der Waals surface area contributed by atoms with Crippen molar-refractivity contribution in [2.75, 3.05) is 6.61 Å². The highest BCUT2D eigenvalue weighted by atomic mass is 19.4. The molecule has 0 spiro atoms. The Morgan fingerprint density at radius 2 is 1.97 bits per heavy atom. The molecule has 32 heavy (non-hydrogen) atoms. The average Bonchev–Trinajstić information content (AvgIpc) is 2.99. The molecule has 1 aromatic carbocycles. The Hall–Kier alpha value is -2.36. The molecule has 2 rings (SSSR count). The lowest BCUT2D eigenvalue weighted by Crippen LogP contribution is -2.21. The molecule has 0 amide bonds. The number of carboxylic acids is 1. The van der Waals surface area contributed by atoms with Crippen molar-refractivity contribution in [1.29, 1.82) is 0 Å². The van der Waals surface area contributed by atoms with Gasteiger partial charge in [-0.2, -0.15) is 13.2 Å².